The molecule has 2 heteroatoms. The molecular formula is C13H21NY-2. The molecule has 1 nitrogen and oxygen atoms in total. The van der Waals surface area contributed by atoms with E-state index < -0.39 is 0 Å². The second-order valence-corrected chi connectivity index (χ2v) is 3.76. The van der Waals surface area contributed by atoms with Gasteiger partial charge in [0.2, 0.25) is 0 Å². The molecule has 0 atom stereocenters. The quantitative estimate of drug-likeness (QED) is 0.433. The third kappa shape index (κ3) is 6.32. The molecule has 0 aliphatic rings. The maximum Gasteiger partial charge on any atom is 0 e. The Hall–Kier alpha value is 0.124. The molecule has 0 aromatic heterocycles. The van der Waals surface area contributed by atoms with Crippen LogP contribution in [0.1, 0.15) is 41.5 Å². The van der Waals surface area contributed by atoms with Gasteiger partial charge in [-0.05, 0) is 7.05 Å². The molecule has 0 rings (SSSR count). The monoisotopic (exact) mass is 280 g/mol. The zero-order chi connectivity index (χ0) is 11.3. The summed E-state index contributed by atoms with van der Waals surface area (Å²) < 4.78 is 0. The summed E-state index contributed by atoms with van der Waals surface area (Å²) in [4.78, 5) is 1.97. The first-order valence-corrected chi connectivity index (χ1v) is 4.89. The first-order chi connectivity index (χ1) is 6.40. The van der Waals surface area contributed by atoms with Crippen LogP contribution >= 0.6 is 0 Å². The maximum atomic E-state index is 3.30. The van der Waals surface area contributed by atoms with Gasteiger partial charge in [-0.3, -0.25) is 5.70 Å². The summed E-state index contributed by atoms with van der Waals surface area (Å²) in [5.74, 6) is 0. The Morgan fingerprint density at radius 3 is 1.80 bits per heavy atom. The molecule has 0 heterocycles. The van der Waals surface area contributed by atoms with Crippen LogP contribution in [0.2, 0.25) is 0 Å². The summed E-state index contributed by atoms with van der Waals surface area (Å²) in [6.07, 6.45) is 6.39. The van der Waals surface area contributed by atoms with Crippen LogP contribution in [0.4, 0.5) is 0 Å². The molecular weight excluding hydrogens is 259 g/mol. The van der Waals surface area contributed by atoms with Crippen molar-refractivity contribution in [2.75, 3.05) is 7.05 Å². The zero-order valence-corrected chi connectivity index (χ0v) is 13.9. The van der Waals surface area contributed by atoms with Crippen LogP contribution in [-0.2, 0) is 32.7 Å². The Bertz CT molecular complexity index is 281. The van der Waals surface area contributed by atoms with Crippen LogP contribution in [-0.4, -0.2) is 11.9 Å². The van der Waals surface area contributed by atoms with Gasteiger partial charge in [-0.2, -0.15) is 0 Å². The predicted octanol–water partition coefficient (Wildman–Crippen LogP) is 3.71. The van der Waals surface area contributed by atoms with E-state index in [1.807, 2.05) is 25.8 Å². The number of rotatable bonds is 3. The molecule has 0 aromatic rings. The molecule has 0 unspecified atom stereocenters. The largest absolute Gasteiger partial charge is 0.551 e. The average molecular weight is 280 g/mol. The minimum Gasteiger partial charge on any atom is -0.551 e. The fraction of sp³-hybridized carbons (Fsp3) is 0.538. The normalized spacial score (nSPS) is 11.9. The van der Waals surface area contributed by atoms with E-state index in [1.54, 1.807) is 0 Å². The summed E-state index contributed by atoms with van der Waals surface area (Å²) in [6, 6.07) is 0. The third-order valence-corrected chi connectivity index (χ3v) is 2.51. The van der Waals surface area contributed by atoms with Gasteiger partial charge in [0.05, 0.1) is 0 Å². The van der Waals surface area contributed by atoms with E-state index in [0.717, 1.165) is 5.70 Å². The molecule has 83 valence electrons. The predicted molar refractivity (Wildman–Crippen MR) is 62.3 cm³/mol. The number of hydrogen-bond donors (Lipinski definition) is 0. The van der Waals surface area contributed by atoms with Crippen molar-refractivity contribution in [3.63, 3.8) is 0 Å². The Morgan fingerprint density at radius 1 is 1.00 bits per heavy atom. The Balaban J connectivity index is 0. The molecule has 0 fully saturated rings. The van der Waals surface area contributed by atoms with Crippen molar-refractivity contribution < 1.29 is 32.7 Å². The summed E-state index contributed by atoms with van der Waals surface area (Å²) in [5.41, 5.74) is 4.92. The summed E-state index contributed by atoms with van der Waals surface area (Å²) >= 11 is 0. The first kappa shape index (κ1) is 17.5. The van der Waals surface area contributed by atoms with Crippen LogP contribution in [0, 0.1) is 12.3 Å². The van der Waals surface area contributed by atoms with Gasteiger partial charge in [0.15, 0.2) is 0 Å². The number of nitrogens with zero attached hydrogens (tertiary/aromatic N) is 1. The molecule has 0 N–H and O–H groups in total. The van der Waals surface area contributed by atoms with Crippen LogP contribution in [0.15, 0.2) is 22.4 Å². The van der Waals surface area contributed by atoms with Gasteiger partial charge in [-0.25, -0.2) is 6.92 Å². The first-order valence-electron chi connectivity index (χ1n) is 4.89. The maximum absolute atomic E-state index is 3.30. The molecule has 0 saturated heterocycles. The minimum absolute atomic E-state index is 0. The Morgan fingerprint density at radius 2 is 1.47 bits per heavy atom. The van der Waals surface area contributed by atoms with Crippen molar-refractivity contribution in [1.29, 1.82) is 0 Å². The molecule has 0 aliphatic heterocycles. The van der Waals surface area contributed by atoms with Gasteiger partial charge in [-0.1, -0.05) is 27.7 Å². The van der Waals surface area contributed by atoms with Crippen LogP contribution in [0.25, 0.3) is 0 Å². The molecule has 0 amide bonds. The van der Waals surface area contributed by atoms with E-state index in [1.165, 1.54) is 16.7 Å². The topological polar surface area (TPSA) is 3.24 Å². The van der Waals surface area contributed by atoms with Gasteiger partial charge in [-0.15, -0.1) is 29.8 Å². The van der Waals surface area contributed by atoms with E-state index in [2.05, 4.69) is 40.0 Å². The second kappa shape index (κ2) is 8.30. The zero-order valence-electron chi connectivity index (χ0n) is 11.0. The van der Waals surface area contributed by atoms with Crippen LogP contribution in [0.3, 0.4) is 0 Å². The fourth-order valence-corrected chi connectivity index (χ4v) is 0.962. The van der Waals surface area contributed by atoms with Crippen LogP contribution < -0.4 is 0 Å². The summed E-state index contributed by atoms with van der Waals surface area (Å²) in [6.45, 7) is 12.4. The molecule has 0 aliphatic carbocycles. The second-order valence-electron chi connectivity index (χ2n) is 3.76. The fourth-order valence-electron chi connectivity index (χ4n) is 0.962. The van der Waals surface area contributed by atoms with E-state index in [9.17, 15) is 0 Å². The van der Waals surface area contributed by atoms with Crippen molar-refractivity contribution >= 4 is 0 Å². The molecule has 0 bridgehead atoms. The standard InChI is InChI=1S/C13H21N.Y/c1-8-12(5)14(7)9-11(4)13(6)10(2)3;/h1-7H3;/q-2;. The molecule has 0 aromatic carbocycles. The number of allylic oxidation sites excluding steroid dienone is 5. The van der Waals surface area contributed by atoms with E-state index in [0.29, 0.717) is 0 Å². The Labute approximate surface area is 120 Å². The minimum atomic E-state index is 0. The van der Waals surface area contributed by atoms with E-state index in [-0.39, 0.29) is 32.7 Å². The van der Waals surface area contributed by atoms with Gasteiger partial charge in [0.25, 0.3) is 0 Å². The SMILES string of the molecule is C[C-]=C(C)N(C)[C-]=C(C)C(C)=C(C)C.[Y]. The molecule has 15 heavy (non-hydrogen) atoms. The van der Waals surface area contributed by atoms with Crippen molar-refractivity contribution in [1.82, 2.24) is 4.90 Å². The average Bonchev–Trinajstić information content (AvgIpc) is 2.14. The molecule has 1 radical (unpaired) electrons. The van der Waals surface area contributed by atoms with Gasteiger partial charge in [0, 0.05) is 32.7 Å². The smallest absolute Gasteiger partial charge is 0 e. The van der Waals surface area contributed by atoms with Crippen molar-refractivity contribution in [3.05, 3.63) is 34.7 Å². The molecule has 0 spiro atoms. The van der Waals surface area contributed by atoms with Gasteiger partial charge >= 0.3 is 0 Å². The van der Waals surface area contributed by atoms with Gasteiger partial charge in [0.1, 0.15) is 0 Å². The van der Waals surface area contributed by atoms with Gasteiger partial charge < -0.3 is 11.0 Å². The van der Waals surface area contributed by atoms with Crippen molar-refractivity contribution in [3.8, 4) is 0 Å². The number of hydrogen-bond acceptors (Lipinski definition) is 1. The molecule has 0 saturated carbocycles. The van der Waals surface area contributed by atoms with Crippen LogP contribution in [0.5, 0.6) is 0 Å². The Kier molecular flexibility index (Phi) is 9.69. The van der Waals surface area contributed by atoms with Crippen molar-refractivity contribution in [2.45, 2.75) is 41.5 Å². The van der Waals surface area contributed by atoms with Crippen molar-refractivity contribution in [2.24, 2.45) is 0 Å². The van der Waals surface area contributed by atoms with E-state index >= 15 is 0 Å². The summed E-state index contributed by atoms with van der Waals surface area (Å²) in [7, 11) is 1.99. The summed E-state index contributed by atoms with van der Waals surface area (Å²) in [5, 5.41) is 0. The third-order valence-electron chi connectivity index (χ3n) is 2.51. The van der Waals surface area contributed by atoms with E-state index in [4.69, 9.17) is 0 Å².